The van der Waals surface area contributed by atoms with Gasteiger partial charge in [0.25, 0.3) is 0 Å². The number of thiocarbonyl (C=S) groups is 1. The van der Waals surface area contributed by atoms with Crippen molar-refractivity contribution in [3.8, 4) is 5.69 Å². The molecule has 9 heteroatoms. The molecule has 0 bridgehead atoms. The number of ether oxygens (including phenoxy) is 1. The van der Waals surface area contributed by atoms with Gasteiger partial charge in [0.05, 0.1) is 17.8 Å². The quantitative estimate of drug-likeness (QED) is 0.267. The molecule has 0 saturated carbocycles. The van der Waals surface area contributed by atoms with Gasteiger partial charge in [-0.2, -0.15) is 0 Å². The van der Waals surface area contributed by atoms with E-state index in [1.165, 1.54) is 7.11 Å². The summed E-state index contributed by atoms with van der Waals surface area (Å²) in [5.41, 5.74) is 9.24. The molecular weight excluding hydrogens is 532 g/mol. The largest absolute Gasteiger partial charge is 0.378 e. The summed E-state index contributed by atoms with van der Waals surface area (Å²) in [6, 6.07) is 22.5. The molecule has 41 heavy (non-hydrogen) atoms. The third-order valence-corrected chi connectivity index (χ3v) is 7.86. The molecule has 8 nitrogen and oxygen atoms in total. The van der Waals surface area contributed by atoms with Crippen molar-refractivity contribution in [3.05, 3.63) is 101 Å². The summed E-state index contributed by atoms with van der Waals surface area (Å²) in [4.78, 5) is 21.1. The lowest BCUT2D eigenvalue weighted by atomic mass is 9.96. The van der Waals surface area contributed by atoms with Crippen LogP contribution in [0.2, 0.25) is 0 Å². The normalized spacial score (nSPS) is 16.5. The Bertz CT molecular complexity index is 1570. The Morgan fingerprint density at radius 2 is 1.78 bits per heavy atom. The first kappa shape index (κ1) is 28.3. The maximum absolute atomic E-state index is 12.1. The van der Waals surface area contributed by atoms with Gasteiger partial charge in [0.15, 0.2) is 5.11 Å². The molecule has 4 aromatic rings. The van der Waals surface area contributed by atoms with Crippen molar-refractivity contribution in [2.45, 2.75) is 32.9 Å². The van der Waals surface area contributed by atoms with Crippen LogP contribution in [0, 0.1) is 20.8 Å². The number of rotatable bonds is 8. The molecule has 1 fully saturated rings. The standard InChI is InChI=1S/C32H36N6O2S/c1-20-17-25(14-15-27(20)34-29(39)19-40-6)38-31(30(35-32(38)41)28-9-7-8-16-33-28)26-18-21(2)37(22(26)3)24-12-10-23(11-13-24)36(4)5/h7-18,30-31H,19H2,1-6H3,(H,34,39)(H,35,41)/t30-,31+/m1/s1. The molecule has 0 radical (unpaired) electrons. The number of carbonyl (C=O) groups excluding carboxylic acids is 1. The van der Waals surface area contributed by atoms with Gasteiger partial charge in [0.2, 0.25) is 5.91 Å². The number of nitrogens with one attached hydrogen (secondary N) is 2. The second kappa shape index (κ2) is 11.7. The number of amides is 1. The topological polar surface area (TPSA) is 74.7 Å². The van der Waals surface area contributed by atoms with Crippen molar-refractivity contribution in [2.24, 2.45) is 0 Å². The molecule has 0 unspecified atom stereocenters. The fourth-order valence-corrected chi connectivity index (χ4v) is 5.93. The van der Waals surface area contributed by atoms with E-state index in [9.17, 15) is 4.79 Å². The Morgan fingerprint density at radius 3 is 2.41 bits per heavy atom. The van der Waals surface area contributed by atoms with E-state index in [1.54, 1.807) is 0 Å². The highest BCUT2D eigenvalue weighted by molar-refractivity contribution is 7.80. The van der Waals surface area contributed by atoms with Crippen LogP contribution in [0.3, 0.4) is 0 Å². The van der Waals surface area contributed by atoms with Crippen LogP contribution in [-0.2, 0) is 9.53 Å². The van der Waals surface area contributed by atoms with Crippen molar-refractivity contribution in [2.75, 3.05) is 42.9 Å². The van der Waals surface area contributed by atoms with E-state index in [0.717, 1.165) is 51.0 Å². The minimum Gasteiger partial charge on any atom is -0.378 e. The fourth-order valence-electron chi connectivity index (χ4n) is 5.59. The van der Waals surface area contributed by atoms with Crippen LogP contribution in [0.4, 0.5) is 17.1 Å². The SMILES string of the molecule is COCC(=O)Nc1ccc(N2C(=S)N[C@H](c3ccccn3)[C@@H]2c2cc(C)n(-c3ccc(N(C)C)cc3)c2C)cc1C. The highest BCUT2D eigenvalue weighted by atomic mass is 32.1. The zero-order valence-electron chi connectivity index (χ0n) is 24.3. The van der Waals surface area contributed by atoms with Gasteiger partial charge in [-0.1, -0.05) is 6.07 Å². The van der Waals surface area contributed by atoms with Crippen LogP contribution in [0.5, 0.6) is 0 Å². The summed E-state index contributed by atoms with van der Waals surface area (Å²) < 4.78 is 7.26. The van der Waals surface area contributed by atoms with Crippen molar-refractivity contribution in [1.82, 2.24) is 14.9 Å². The first-order chi connectivity index (χ1) is 19.7. The summed E-state index contributed by atoms with van der Waals surface area (Å²) in [5.74, 6) is -0.194. The van der Waals surface area contributed by atoms with E-state index in [-0.39, 0.29) is 24.6 Å². The summed E-state index contributed by atoms with van der Waals surface area (Å²) in [5, 5.41) is 7.11. The Labute approximate surface area is 247 Å². The minimum atomic E-state index is -0.194. The second-order valence-corrected chi connectivity index (χ2v) is 10.9. The van der Waals surface area contributed by atoms with Gasteiger partial charge >= 0.3 is 0 Å². The Morgan fingerprint density at radius 1 is 1.05 bits per heavy atom. The molecule has 5 rings (SSSR count). The zero-order valence-corrected chi connectivity index (χ0v) is 25.1. The number of pyridine rings is 1. The first-order valence-corrected chi connectivity index (χ1v) is 14.0. The molecule has 2 aromatic heterocycles. The summed E-state index contributed by atoms with van der Waals surface area (Å²) >= 11 is 5.96. The molecule has 0 aliphatic carbocycles. The number of aryl methyl sites for hydroxylation is 2. The van der Waals surface area contributed by atoms with E-state index in [4.69, 9.17) is 21.9 Å². The number of nitrogens with zero attached hydrogens (tertiary/aromatic N) is 4. The van der Waals surface area contributed by atoms with Crippen LogP contribution in [0.25, 0.3) is 5.69 Å². The third-order valence-electron chi connectivity index (χ3n) is 7.55. The van der Waals surface area contributed by atoms with Crippen LogP contribution >= 0.6 is 12.2 Å². The molecule has 212 valence electrons. The van der Waals surface area contributed by atoms with E-state index in [2.05, 4.69) is 75.2 Å². The summed E-state index contributed by atoms with van der Waals surface area (Å²) in [7, 11) is 5.59. The molecule has 0 spiro atoms. The molecule has 1 aliphatic rings. The number of hydrogen-bond acceptors (Lipinski definition) is 5. The maximum atomic E-state index is 12.1. The van der Waals surface area contributed by atoms with E-state index in [1.807, 2.05) is 57.5 Å². The maximum Gasteiger partial charge on any atom is 0.250 e. The Kier molecular flexibility index (Phi) is 8.10. The predicted molar refractivity (Wildman–Crippen MR) is 169 cm³/mol. The molecule has 1 aliphatic heterocycles. The van der Waals surface area contributed by atoms with E-state index in [0.29, 0.717) is 5.11 Å². The summed E-state index contributed by atoms with van der Waals surface area (Å²) in [6.45, 7) is 6.28. The Balaban J connectivity index is 1.59. The number of anilines is 3. The van der Waals surface area contributed by atoms with Crippen molar-refractivity contribution in [1.29, 1.82) is 0 Å². The third kappa shape index (κ3) is 5.55. The smallest absolute Gasteiger partial charge is 0.250 e. The highest BCUT2D eigenvalue weighted by Gasteiger charge is 2.42. The average molecular weight is 569 g/mol. The van der Waals surface area contributed by atoms with Gasteiger partial charge in [0.1, 0.15) is 6.61 Å². The number of aromatic nitrogens is 2. The number of benzene rings is 2. The molecule has 1 saturated heterocycles. The van der Waals surface area contributed by atoms with Gasteiger partial charge in [-0.3, -0.25) is 9.78 Å². The number of methoxy groups -OCH3 is 1. The average Bonchev–Trinajstić information content (AvgIpc) is 3.45. The van der Waals surface area contributed by atoms with Crippen LogP contribution in [0.15, 0.2) is 72.9 Å². The van der Waals surface area contributed by atoms with Gasteiger partial charge in [0, 0.05) is 61.5 Å². The lowest BCUT2D eigenvalue weighted by Gasteiger charge is -2.29. The van der Waals surface area contributed by atoms with E-state index < -0.39 is 0 Å². The first-order valence-electron chi connectivity index (χ1n) is 13.6. The van der Waals surface area contributed by atoms with Crippen LogP contribution in [-0.4, -0.2) is 48.4 Å². The highest BCUT2D eigenvalue weighted by Crippen LogP contribution is 2.44. The van der Waals surface area contributed by atoms with E-state index >= 15 is 0 Å². The summed E-state index contributed by atoms with van der Waals surface area (Å²) in [6.07, 6.45) is 1.82. The molecule has 3 heterocycles. The van der Waals surface area contributed by atoms with Crippen LogP contribution < -0.4 is 20.4 Å². The second-order valence-electron chi connectivity index (χ2n) is 10.5. The minimum absolute atomic E-state index is 0.00262. The van der Waals surface area contributed by atoms with Crippen LogP contribution in [0.1, 0.15) is 40.3 Å². The monoisotopic (exact) mass is 568 g/mol. The lowest BCUT2D eigenvalue weighted by molar-refractivity contribution is -0.119. The van der Waals surface area contributed by atoms with Gasteiger partial charge in [-0.05, 0) is 105 Å². The van der Waals surface area contributed by atoms with Crippen molar-refractivity contribution >= 4 is 40.3 Å². The molecule has 2 N–H and O–H groups in total. The molecule has 1 amide bonds. The van der Waals surface area contributed by atoms with Gasteiger partial charge < -0.3 is 29.7 Å². The predicted octanol–water partition coefficient (Wildman–Crippen LogP) is 5.63. The molecular formula is C32H36N6O2S. The Hall–Kier alpha value is -4.21. The van der Waals surface area contributed by atoms with Gasteiger partial charge in [-0.25, -0.2) is 0 Å². The lowest BCUT2D eigenvalue weighted by Crippen LogP contribution is -2.29. The molecule has 2 atom stereocenters. The number of hydrogen-bond donors (Lipinski definition) is 2. The molecule has 2 aromatic carbocycles. The fraction of sp³-hybridized carbons (Fsp3) is 0.281. The van der Waals surface area contributed by atoms with Crippen molar-refractivity contribution in [3.63, 3.8) is 0 Å². The van der Waals surface area contributed by atoms with Gasteiger partial charge in [-0.15, -0.1) is 0 Å². The van der Waals surface area contributed by atoms with Crippen molar-refractivity contribution < 1.29 is 9.53 Å². The zero-order chi connectivity index (χ0) is 29.3. The number of carbonyl (C=O) groups is 1.